The second-order valence-electron chi connectivity index (χ2n) is 10.3. The fourth-order valence-electron chi connectivity index (χ4n) is 5.15. The second kappa shape index (κ2) is 9.51. The number of hydrogen-bond donors (Lipinski definition) is 1. The molecule has 0 amide bonds. The largest absolute Gasteiger partial charge is 0.481 e. The van der Waals surface area contributed by atoms with Crippen molar-refractivity contribution in [3.8, 4) is 0 Å². The lowest BCUT2D eigenvalue weighted by Crippen LogP contribution is -2.65. The van der Waals surface area contributed by atoms with Crippen LogP contribution in [0.1, 0.15) is 61.8 Å². The predicted molar refractivity (Wildman–Crippen MR) is 123 cm³/mol. The molecule has 0 bridgehead atoms. The van der Waals surface area contributed by atoms with Gasteiger partial charge in [0.05, 0.1) is 18.3 Å². The molecule has 0 radical (unpaired) electrons. The smallest absolute Gasteiger partial charge is 0.335 e. The van der Waals surface area contributed by atoms with Crippen molar-refractivity contribution in [2.24, 2.45) is 11.8 Å². The van der Waals surface area contributed by atoms with E-state index in [1.54, 1.807) is 0 Å². The van der Waals surface area contributed by atoms with E-state index in [9.17, 15) is 18.3 Å². The molecule has 1 saturated heterocycles. The van der Waals surface area contributed by atoms with E-state index < -0.39 is 51.3 Å². The van der Waals surface area contributed by atoms with E-state index in [0.29, 0.717) is 0 Å². The van der Waals surface area contributed by atoms with Crippen LogP contribution in [0.3, 0.4) is 0 Å². The third kappa shape index (κ3) is 5.28. The molecule has 0 unspecified atom stereocenters. The standard InChI is InChI=1S/C20H40O8SSi2/c1-12(2)30(13(3)4)25-11-16-10-17(20(21)22)19(26-29(9,23)24)18(16)27-31(28-30,14(5)6)15(7)8/h12-19H,10-11H2,1-9H3,(H,21,22)/t16-,17-,18-,19+/m1/s1. The number of carboxylic acid groups (broad SMARTS) is 1. The molecule has 1 aliphatic heterocycles. The van der Waals surface area contributed by atoms with Gasteiger partial charge in [0.25, 0.3) is 10.1 Å². The van der Waals surface area contributed by atoms with E-state index in [0.717, 1.165) is 6.26 Å². The Morgan fingerprint density at radius 2 is 1.45 bits per heavy atom. The van der Waals surface area contributed by atoms with Gasteiger partial charge in [-0.1, -0.05) is 55.4 Å². The molecule has 1 aliphatic carbocycles. The summed E-state index contributed by atoms with van der Waals surface area (Å²) >= 11 is 0. The number of carboxylic acids is 1. The summed E-state index contributed by atoms with van der Waals surface area (Å²) < 4.78 is 49.8. The zero-order valence-electron chi connectivity index (χ0n) is 20.2. The third-order valence-electron chi connectivity index (χ3n) is 6.73. The maximum absolute atomic E-state index is 12.0. The van der Waals surface area contributed by atoms with E-state index in [4.69, 9.17) is 17.2 Å². The van der Waals surface area contributed by atoms with Crippen molar-refractivity contribution in [1.82, 2.24) is 0 Å². The Labute approximate surface area is 189 Å². The van der Waals surface area contributed by atoms with Gasteiger partial charge in [0.15, 0.2) is 0 Å². The lowest BCUT2D eigenvalue weighted by atomic mass is 10.1. The minimum absolute atomic E-state index is 0.0574. The predicted octanol–water partition coefficient (Wildman–Crippen LogP) is 4.01. The number of aliphatic carboxylic acids is 1. The maximum atomic E-state index is 12.0. The summed E-state index contributed by atoms with van der Waals surface area (Å²) in [5.74, 6) is -2.33. The highest BCUT2D eigenvalue weighted by Crippen LogP contribution is 2.50. The van der Waals surface area contributed by atoms with Crippen LogP contribution in [0.15, 0.2) is 0 Å². The molecule has 0 aromatic carbocycles. The molecule has 0 aromatic heterocycles. The molecule has 4 atom stereocenters. The van der Waals surface area contributed by atoms with Gasteiger partial charge >= 0.3 is 23.1 Å². The monoisotopic (exact) mass is 496 g/mol. The van der Waals surface area contributed by atoms with Crippen molar-refractivity contribution in [1.29, 1.82) is 0 Å². The van der Waals surface area contributed by atoms with Gasteiger partial charge in [-0.2, -0.15) is 8.42 Å². The number of rotatable bonds is 7. The summed E-state index contributed by atoms with van der Waals surface area (Å²) in [4.78, 5) is 12.0. The van der Waals surface area contributed by atoms with Gasteiger partial charge in [0, 0.05) is 12.5 Å². The topological polar surface area (TPSA) is 108 Å². The van der Waals surface area contributed by atoms with Crippen molar-refractivity contribution >= 4 is 33.2 Å². The summed E-state index contributed by atoms with van der Waals surface area (Å²) in [6.45, 7) is 17.0. The second-order valence-corrected chi connectivity index (χ2v) is 20.7. The van der Waals surface area contributed by atoms with Crippen molar-refractivity contribution < 1.29 is 35.5 Å². The Bertz CT molecular complexity index is 736. The number of carbonyl (C=O) groups is 1. The minimum atomic E-state index is -3.87. The first kappa shape index (κ1) is 26.9. The van der Waals surface area contributed by atoms with Crippen LogP contribution in [0.2, 0.25) is 22.2 Å². The summed E-state index contributed by atoms with van der Waals surface area (Å²) in [7, 11) is -9.58. The molecule has 2 fully saturated rings. The molecule has 31 heavy (non-hydrogen) atoms. The Hall–Kier alpha value is -0.306. The van der Waals surface area contributed by atoms with Crippen molar-refractivity contribution in [2.75, 3.05) is 12.9 Å². The summed E-state index contributed by atoms with van der Waals surface area (Å²) in [5.41, 5.74) is 0.470. The van der Waals surface area contributed by atoms with Gasteiger partial charge in [0.1, 0.15) is 6.10 Å². The summed E-state index contributed by atoms with van der Waals surface area (Å²) in [6.07, 6.45) is -0.609. The van der Waals surface area contributed by atoms with Gasteiger partial charge in [-0.05, 0) is 28.6 Å². The summed E-state index contributed by atoms with van der Waals surface area (Å²) in [6, 6.07) is 0. The first-order valence-corrected chi connectivity index (χ1v) is 17.0. The number of fused-ring (bicyclic) bond motifs is 1. The minimum Gasteiger partial charge on any atom is -0.481 e. The first-order chi connectivity index (χ1) is 14.1. The number of hydrogen-bond acceptors (Lipinski definition) is 7. The van der Waals surface area contributed by atoms with Gasteiger partial charge in [-0.25, -0.2) is 0 Å². The van der Waals surface area contributed by atoms with E-state index >= 15 is 0 Å². The maximum Gasteiger partial charge on any atom is 0.335 e. The van der Waals surface area contributed by atoms with Gasteiger partial charge in [-0.3, -0.25) is 8.98 Å². The van der Waals surface area contributed by atoms with Crippen LogP contribution in [-0.2, 0) is 32.1 Å². The molecule has 1 N–H and O–H groups in total. The third-order valence-corrected chi connectivity index (χ3v) is 17.5. The van der Waals surface area contributed by atoms with Crippen molar-refractivity contribution in [3.05, 3.63) is 0 Å². The average Bonchev–Trinajstić information content (AvgIpc) is 2.89. The first-order valence-electron chi connectivity index (χ1n) is 11.2. The van der Waals surface area contributed by atoms with Crippen molar-refractivity contribution in [3.63, 3.8) is 0 Å². The zero-order valence-corrected chi connectivity index (χ0v) is 23.1. The van der Waals surface area contributed by atoms with Crippen LogP contribution in [0, 0.1) is 11.8 Å². The highest BCUT2D eigenvalue weighted by molar-refractivity contribution is 7.86. The van der Waals surface area contributed by atoms with E-state index in [-0.39, 0.29) is 41.1 Å². The SMILES string of the molecule is CC(C)[Si]1(C(C)C)OC[C@H]2C[C@@H](C(=O)O)[C@H](OS(C)(=O)=O)[C@@H]2O[Si](C(C)C)(C(C)C)O1. The molecular formula is C20H40O8SSi2. The van der Waals surface area contributed by atoms with E-state index in [2.05, 4.69) is 55.4 Å². The van der Waals surface area contributed by atoms with Gasteiger partial charge in [-0.15, -0.1) is 0 Å². The lowest BCUT2D eigenvalue weighted by Gasteiger charge is -2.51. The molecular weight excluding hydrogens is 456 g/mol. The van der Waals surface area contributed by atoms with Crippen LogP contribution >= 0.6 is 0 Å². The average molecular weight is 497 g/mol. The Morgan fingerprint density at radius 1 is 0.968 bits per heavy atom. The molecule has 182 valence electrons. The molecule has 1 saturated carbocycles. The zero-order chi connectivity index (χ0) is 23.9. The van der Waals surface area contributed by atoms with Crippen LogP contribution in [0.5, 0.6) is 0 Å². The van der Waals surface area contributed by atoms with E-state index in [1.165, 1.54) is 0 Å². The Balaban J connectivity index is 2.63. The highest BCUT2D eigenvalue weighted by atomic mass is 32.2. The molecule has 0 aromatic rings. The van der Waals surface area contributed by atoms with Crippen LogP contribution in [-0.4, -0.2) is 61.7 Å². The quantitative estimate of drug-likeness (QED) is 0.416. The molecule has 1 heterocycles. The molecule has 2 aliphatic rings. The fraction of sp³-hybridized carbons (Fsp3) is 0.950. The molecule has 8 nitrogen and oxygen atoms in total. The van der Waals surface area contributed by atoms with Crippen LogP contribution < -0.4 is 0 Å². The normalized spacial score (nSPS) is 31.1. The van der Waals surface area contributed by atoms with Gasteiger partial charge < -0.3 is 18.1 Å². The van der Waals surface area contributed by atoms with Gasteiger partial charge in [0.2, 0.25) is 0 Å². The van der Waals surface area contributed by atoms with E-state index in [1.807, 2.05) is 0 Å². The molecule has 11 heteroatoms. The highest BCUT2D eigenvalue weighted by Gasteiger charge is 2.62. The van der Waals surface area contributed by atoms with Crippen molar-refractivity contribution in [2.45, 2.75) is 96.2 Å². The fourth-order valence-corrected chi connectivity index (χ4v) is 17.1. The Kier molecular flexibility index (Phi) is 8.27. The molecule has 2 rings (SSSR count). The molecule has 0 spiro atoms. The van der Waals surface area contributed by atoms with Crippen LogP contribution in [0.4, 0.5) is 0 Å². The summed E-state index contributed by atoms with van der Waals surface area (Å²) in [5, 5.41) is 9.81. The lowest BCUT2D eigenvalue weighted by molar-refractivity contribution is -0.144. The Morgan fingerprint density at radius 3 is 1.84 bits per heavy atom. The van der Waals surface area contributed by atoms with Crippen LogP contribution in [0.25, 0.3) is 0 Å².